The molecule has 6 N–H and O–H groups in total. The van der Waals surface area contributed by atoms with Crippen LogP contribution in [0.3, 0.4) is 0 Å². The molecular formula is C44H87NO8. The standard InChI is InChI=1S/C44H87NO8/c1-3-5-7-9-10-11-12-13-14-15-16-17-18-19-20-21-22-23-24-25-26-27-28-29-30-31-33-38(47)37(45-40(48)34-32-8-6-4-2)36-52-44-43(51)42(50)41(49)39(35-46)53-44/h37-39,41-44,46-47,49-51H,3-36H2,1-2H3,(H,45,48). The van der Waals surface area contributed by atoms with E-state index in [0.29, 0.717) is 12.8 Å². The molecule has 316 valence electrons. The summed E-state index contributed by atoms with van der Waals surface area (Å²) in [6.45, 7) is 3.72. The molecule has 0 radical (unpaired) electrons. The van der Waals surface area contributed by atoms with Gasteiger partial charge in [0.2, 0.25) is 5.91 Å². The Bertz CT molecular complexity index is 801. The molecule has 0 aromatic carbocycles. The number of hydrogen-bond donors (Lipinski definition) is 6. The molecule has 7 atom stereocenters. The molecule has 1 aliphatic heterocycles. The van der Waals surface area contributed by atoms with Crippen molar-refractivity contribution in [3.8, 4) is 0 Å². The van der Waals surface area contributed by atoms with Crippen LogP contribution < -0.4 is 5.32 Å². The normalized spacial score (nSPS) is 21.5. The predicted molar refractivity (Wildman–Crippen MR) is 217 cm³/mol. The lowest BCUT2D eigenvalue weighted by molar-refractivity contribution is -0.302. The molecule has 1 fully saturated rings. The number of aliphatic hydroxyl groups excluding tert-OH is 5. The summed E-state index contributed by atoms with van der Waals surface area (Å²) in [5.74, 6) is -0.160. The third-order valence-electron chi connectivity index (χ3n) is 11.2. The molecule has 1 heterocycles. The summed E-state index contributed by atoms with van der Waals surface area (Å²) in [6, 6.07) is -0.708. The number of unbranched alkanes of at least 4 members (excludes halogenated alkanes) is 28. The molecule has 0 aromatic heterocycles. The molecule has 0 saturated carbocycles. The Morgan fingerprint density at radius 2 is 0.943 bits per heavy atom. The molecule has 53 heavy (non-hydrogen) atoms. The second kappa shape index (κ2) is 35.6. The smallest absolute Gasteiger partial charge is 0.220 e. The van der Waals surface area contributed by atoms with Crippen LogP contribution in [0.1, 0.15) is 219 Å². The van der Waals surface area contributed by atoms with E-state index in [9.17, 15) is 30.3 Å². The van der Waals surface area contributed by atoms with Crippen LogP contribution in [0.5, 0.6) is 0 Å². The Labute approximate surface area is 325 Å². The third kappa shape index (κ3) is 26.6. The fourth-order valence-corrected chi connectivity index (χ4v) is 7.51. The van der Waals surface area contributed by atoms with Crippen LogP contribution in [0.2, 0.25) is 0 Å². The third-order valence-corrected chi connectivity index (χ3v) is 11.2. The minimum atomic E-state index is -1.55. The Morgan fingerprint density at radius 3 is 1.34 bits per heavy atom. The largest absolute Gasteiger partial charge is 0.394 e. The van der Waals surface area contributed by atoms with Gasteiger partial charge >= 0.3 is 0 Å². The molecule has 1 saturated heterocycles. The summed E-state index contributed by atoms with van der Waals surface area (Å²) in [6.07, 6.45) is 32.0. The SMILES string of the molecule is CCCCCCCCCCCCCCCCCCCCCCCCCCCCC(O)C(COC1OC(CO)C(O)C(O)C1O)NC(=O)CCCCCC. The number of amides is 1. The van der Waals surface area contributed by atoms with Gasteiger partial charge in [-0.2, -0.15) is 0 Å². The van der Waals surface area contributed by atoms with E-state index >= 15 is 0 Å². The van der Waals surface area contributed by atoms with Crippen LogP contribution in [0, 0.1) is 0 Å². The van der Waals surface area contributed by atoms with Gasteiger partial charge in [-0.3, -0.25) is 4.79 Å². The zero-order chi connectivity index (χ0) is 38.8. The van der Waals surface area contributed by atoms with Crippen molar-refractivity contribution in [3.05, 3.63) is 0 Å². The van der Waals surface area contributed by atoms with Crippen molar-refractivity contribution in [2.24, 2.45) is 0 Å². The van der Waals surface area contributed by atoms with Crippen molar-refractivity contribution in [2.45, 2.75) is 262 Å². The summed E-state index contributed by atoms with van der Waals surface area (Å²) in [4.78, 5) is 12.7. The number of carbonyl (C=O) groups is 1. The molecule has 0 bridgehead atoms. The molecular weight excluding hydrogens is 670 g/mol. The number of carbonyl (C=O) groups excluding carboxylic acids is 1. The van der Waals surface area contributed by atoms with E-state index < -0.39 is 49.5 Å². The van der Waals surface area contributed by atoms with Crippen molar-refractivity contribution >= 4 is 5.91 Å². The molecule has 9 nitrogen and oxygen atoms in total. The molecule has 0 aliphatic carbocycles. The van der Waals surface area contributed by atoms with Crippen molar-refractivity contribution in [1.82, 2.24) is 5.32 Å². The highest BCUT2D eigenvalue weighted by Crippen LogP contribution is 2.23. The van der Waals surface area contributed by atoms with Crippen molar-refractivity contribution in [1.29, 1.82) is 0 Å². The zero-order valence-electron chi connectivity index (χ0n) is 34.5. The predicted octanol–water partition coefficient (Wildman–Crippen LogP) is 9.17. The van der Waals surface area contributed by atoms with Crippen LogP contribution in [0.15, 0.2) is 0 Å². The van der Waals surface area contributed by atoms with E-state index in [1.807, 2.05) is 0 Å². The average Bonchev–Trinajstić information content (AvgIpc) is 3.16. The molecule has 7 unspecified atom stereocenters. The lowest BCUT2D eigenvalue weighted by Gasteiger charge is -2.40. The lowest BCUT2D eigenvalue weighted by atomic mass is 9.99. The van der Waals surface area contributed by atoms with Crippen LogP contribution in [0.25, 0.3) is 0 Å². The number of aliphatic hydroxyl groups is 5. The van der Waals surface area contributed by atoms with Crippen molar-refractivity contribution < 1.29 is 39.8 Å². The van der Waals surface area contributed by atoms with Gasteiger partial charge in [-0.1, -0.05) is 200 Å². The van der Waals surface area contributed by atoms with E-state index in [2.05, 4.69) is 19.2 Å². The van der Waals surface area contributed by atoms with Gasteiger partial charge in [0.25, 0.3) is 0 Å². The average molecular weight is 758 g/mol. The maximum Gasteiger partial charge on any atom is 0.220 e. The number of hydrogen-bond acceptors (Lipinski definition) is 8. The fourth-order valence-electron chi connectivity index (χ4n) is 7.51. The van der Waals surface area contributed by atoms with Gasteiger partial charge in [0, 0.05) is 6.42 Å². The number of nitrogens with one attached hydrogen (secondary N) is 1. The second-order valence-corrected chi connectivity index (χ2v) is 16.2. The quantitative estimate of drug-likeness (QED) is 0.0342. The molecule has 1 rings (SSSR count). The van der Waals surface area contributed by atoms with Gasteiger partial charge in [0.15, 0.2) is 6.29 Å². The first-order chi connectivity index (χ1) is 25.8. The van der Waals surface area contributed by atoms with Crippen LogP contribution in [0.4, 0.5) is 0 Å². The maximum atomic E-state index is 12.7. The summed E-state index contributed by atoms with van der Waals surface area (Å²) in [5, 5.41) is 53.9. The summed E-state index contributed by atoms with van der Waals surface area (Å²) in [5.41, 5.74) is 0. The van der Waals surface area contributed by atoms with Crippen LogP contribution in [-0.2, 0) is 14.3 Å². The van der Waals surface area contributed by atoms with Gasteiger partial charge < -0.3 is 40.3 Å². The summed E-state index contributed by atoms with van der Waals surface area (Å²) < 4.78 is 11.2. The van der Waals surface area contributed by atoms with Gasteiger partial charge in [-0.05, 0) is 12.8 Å². The van der Waals surface area contributed by atoms with Gasteiger partial charge in [-0.15, -0.1) is 0 Å². The first-order valence-corrected chi connectivity index (χ1v) is 22.7. The molecule has 0 spiro atoms. The Kier molecular flexibility index (Phi) is 33.7. The van der Waals surface area contributed by atoms with E-state index in [-0.39, 0.29) is 12.5 Å². The Balaban J connectivity index is 2.08. The van der Waals surface area contributed by atoms with Crippen molar-refractivity contribution in [3.63, 3.8) is 0 Å². The van der Waals surface area contributed by atoms with E-state index in [4.69, 9.17) is 9.47 Å². The zero-order valence-corrected chi connectivity index (χ0v) is 34.5. The Hall–Kier alpha value is -0.810. The Morgan fingerprint density at radius 1 is 0.566 bits per heavy atom. The fraction of sp³-hybridized carbons (Fsp3) is 0.977. The van der Waals surface area contributed by atoms with Gasteiger partial charge in [0.05, 0.1) is 25.4 Å². The minimum Gasteiger partial charge on any atom is -0.394 e. The van der Waals surface area contributed by atoms with E-state index in [0.717, 1.165) is 44.9 Å². The minimum absolute atomic E-state index is 0.135. The lowest BCUT2D eigenvalue weighted by Crippen LogP contribution is -2.60. The number of ether oxygens (including phenoxy) is 2. The van der Waals surface area contributed by atoms with Gasteiger partial charge in [-0.25, -0.2) is 0 Å². The first kappa shape index (κ1) is 50.2. The summed E-state index contributed by atoms with van der Waals surface area (Å²) >= 11 is 0. The topological polar surface area (TPSA) is 149 Å². The first-order valence-electron chi connectivity index (χ1n) is 22.7. The monoisotopic (exact) mass is 758 g/mol. The highest BCUT2D eigenvalue weighted by Gasteiger charge is 2.44. The van der Waals surface area contributed by atoms with Crippen molar-refractivity contribution in [2.75, 3.05) is 13.2 Å². The molecule has 1 amide bonds. The molecule has 1 aliphatic rings. The highest BCUT2D eigenvalue weighted by molar-refractivity contribution is 5.76. The second-order valence-electron chi connectivity index (χ2n) is 16.2. The molecule has 9 heteroatoms. The maximum absolute atomic E-state index is 12.7. The van der Waals surface area contributed by atoms with Crippen LogP contribution in [-0.4, -0.2) is 87.5 Å². The van der Waals surface area contributed by atoms with E-state index in [1.54, 1.807) is 0 Å². The van der Waals surface area contributed by atoms with Crippen LogP contribution >= 0.6 is 0 Å². The number of rotatable bonds is 38. The van der Waals surface area contributed by atoms with Gasteiger partial charge in [0.1, 0.15) is 24.4 Å². The molecule has 0 aromatic rings. The van der Waals surface area contributed by atoms with E-state index in [1.165, 1.54) is 148 Å². The summed E-state index contributed by atoms with van der Waals surface area (Å²) in [7, 11) is 0. The highest BCUT2D eigenvalue weighted by atomic mass is 16.7.